The third kappa shape index (κ3) is 2.32. The molecule has 1 heterocycles. The van der Waals surface area contributed by atoms with Crippen molar-refractivity contribution in [3.05, 3.63) is 54.4 Å². The van der Waals surface area contributed by atoms with Crippen LogP contribution < -0.4 is 4.74 Å². The zero-order valence-electron chi connectivity index (χ0n) is 11.1. The van der Waals surface area contributed by atoms with Gasteiger partial charge >= 0.3 is 0 Å². The highest BCUT2D eigenvalue weighted by Gasteiger charge is 2.04. The van der Waals surface area contributed by atoms with E-state index in [-0.39, 0.29) is 0 Å². The van der Waals surface area contributed by atoms with Gasteiger partial charge in [0.25, 0.3) is 0 Å². The molecule has 0 saturated carbocycles. The van der Waals surface area contributed by atoms with Crippen LogP contribution in [0.25, 0.3) is 11.0 Å². The lowest BCUT2D eigenvalue weighted by Gasteiger charge is -2.07. The number of fused-ring (bicyclic) bond motifs is 1. The maximum atomic E-state index is 5.87. The van der Waals surface area contributed by atoms with Gasteiger partial charge in [0.15, 0.2) is 0 Å². The van der Waals surface area contributed by atoms with E-state index in [9.17, 15) is 0 Å². The minimum atomic E-state index is 0.839. The van der Waals surface area contributed by atoms with E-state index in [0.717, 1.165) is 29.1 Å². The van der Waals surface area contributed by atoms with E-state index in [1.165, 1.54) is 5.56 Å². The van der Waals surface area contributed by atoms with Crippen LogP contribution in [0, 0.1) is 6.92 Å². The van der Waals surface area contributed by atoms with E-state index in [0.29, 0.717) is 0 Å². The van der Waals surface area contributed by atoms with Gasteiger partial charge in [-0.2, -0.15) is 0 Å². The van der Waals surface area contributed by atoms with Crippen LogP contribution in [0.1, 0.15) is 12.5 Å². The molecule has 0 bridgehead atoms. The number of hydrogen-bond acceptors (Lipinski definition) is 2. The molecule has 0 N–H and O–H groups in total. The Hall–Kier alpha value is -2.29. The lowest BCUT2D eigenvalue weighted by molar-refractivity contribution is 0.483. The van der Waals surface area contributed by atoms with E-state index < -0.39 is 0 Å². The van der Waals surface area contributed by atoms with Crippen molar-refractivity contribution in [3.63, 3.8) is 0 Å². The first-order chi connectivity index (χ1) is 9.26. The zero-order chi connectivity index (χ0) is 13.2. The molecule has 3 aromatic rings. The maximum Gasteiger partial charge on any atom is 0.129 e. The Morgan fingerprint density at radius 2 is 1.79 bits per heavy atom. The van der Waals surface area contributed by atoms with E-state index in [1.807, 2.05) is 48.8 Å². The number of rotatable bonds is 3. The molecule has 0 saturated heterocycles. The Morgan fingerprint density at radius 1 is 1.05 bits per heavy atom. The van der Waals surface area contributed by atoms with Crippen LogP contribution in [0.15, 0.2) is 48.8 Å². The number of ether oxygens (including phenoxy) is 1. The molecule has 0 amide bonds. The van der Waals surface area contributed by atoms with Crippen LogP contribution >= 0.6 is 0 Å². The van der Waals surface area contributed by atoms with Crippen molar-refractivity contribution in [2.75, 3.05) is 0 Å². The smallest absolute Gasteiger partial charge is 0.129 e. The highest BCUT2D eigenvalue weighted by Crippen LogP contribution is 2.25. The Kier molecular flexibility index (Phi) is 2.95. The van der Waals surface area contributed by atoms with E-state index in [4.69, 9.17) is 4.74 Å². The number of aryl methyl sites for hydroxylation is 2. The topological polar surface area (TPSA) is 27.1 Å². The molecule has 3 rings (SSSR count). The second kappa shape index (κ2) is 4.76. The fourth-order valence-corrected chi connectivity index (χ4v) is 2.09. The van der Waals surface area contributed by atoms with Crippen LogP contribution in [0.4, 0.5) is 0 Å². The van der Waals surface area contributed by atoms with Crippen LogP contribution in [0.5, 0.6) is 11.5 Å². The number of nitrogens with zero attached hydrogens (tertiary/aromatic N) is 2. The van der Waals surface area contributed by atoms with Gasteiger partial charge in [-0.3, -0.25) is 0 Å². The summed E-state index contributed by atoms with van der Waals surface area (Å²) in [5, 5.41) is 0. The molecule has 0 spiro atoms. The third-order valence-corrected chi connectivity index (χ3v) is 3.19. The predicted molar refractivity (Wildman–Crippen MR) is 76.7 cm³/mol. The minimum absolute atomic E-state index is 0.839. The molecule has 1 aromatic heterocycles. The first kappa shape index (κ1) is 11.8. The van der Waals surface area contributed by atoms with Gasteiger partial charge in [0, 0.05) is 12.6 Å². The number of benzene rings is 2. The summed E-state index contributed by atoms with van der Waals surface area (Å²) in [4.78, 5) is 4.36. The van der Waals surface area contributed by atoms with E-state index in [1.54, 1.807) is 0 Å². The summed E-state index contributed by atoms with van der Waals surface area (Å²) >= 11 is 0. The van der Waals surface area contributed by atoms with Gasteiger partial charge in [-0.15, -0.1) is 0 Å². The van der Waals surface area contributed by atoms with Crippen LogP contribution in [0.3, 0.4) is 0 Å². The molecule has 0 fully saturated rings. The van der Waals surface area contributed by atoms with Gasteiger partial charge in [-0.25, -0.2) is 4.98 Å². The minimum Gasteiger partial charge on any atom is -0.457 e. The largest absolute Gasteiger partial charge is 0.457 e. The number of imidazole rings is 1. The van der Waals surface area contributed by atoms with Crippen molar-refractivity contribution in [1.29, 1.82) is 0 Å². The maximum absolute atomic E-state index is 5.87. The third-order valence-electron chi connectivity index (χ3n) is 3.19. The zero-order valence-corrected chi connectivity index (χ0v) is 11.1. The number of hydrogen-bond donors (Lipinski definition) is 0. The standard InChI is InChI=1S/C16H16N2O/c1-3-18-11-17-15-9-8-14(10-16(15)18)19-13-6-4-12(2)5-7-13/h4-11H,3H2,1-2H3. The van der Waals surface area contributed by atoms with Crippen molar-refractivity contribution in [2.45, 2.75) is 20.4 Å². The van der Waals surface area contributed by atoms with Crippen molar-refractivity contribution in [2.24, 2.45) is 0 Å². The molecule has 2 aromatic carbocycles. The van der Waals surface area contributed by atoms with Crippen molar-refractivity contribution in [1.82, 2.24) is 9.55 Å². The van der Waals surface area contributed by atoms with Gasteiger partial charge in [-0.1, -0.05) is 17.7 Å². The summed E-state index contributed by atoms with van der Waals surface area (Å²) in [7, 11) is 0. The molecule has 0 atom stereocenters. The SMILES string of the molecule is CCn1cnc2ccc(Oc3ccc(C)cc3)cc21. The first-order valence-electron chi connectivity index (χ1n) is 6.45. The fraction of sp³-hybridized carbons (Fsp3) is 0.188. The Bertz CT molecular complexity index is 698. The molecule has 19 heavy (non-hydrogen) atoms. The first-order valence-corrected chi connectivity index (χ1v) is 6.45. The molecular weight excluding hydrogens is 236 g/mol. The predicted octanol–water partition coefficient (Wildman–Crippen LogP) is 4.16. The molecule has 0 unspecified atom stereocenters. The molecule has 0 radical (unpaired) electrons. The van der Waals surface area contributed by atoms with Gasteiger partial charge in [0.05, 0.1) is 17.4 Å². The number of aromatic nitrogens is 2. The van der Waals surface area contributed by atoms with Gasteiger partial charge in [0.2, 0.25) is 0 Å². The highest BCUT2D eigenvalue weighted by molar-refractivity contribution is 5.77. The fourth-order valence-electron chi connectivity index (χ4n) is 2.09. The summed E-state index contributed by atoms with van der Waals surface area (Å²) in [6, 6.07) is 14.0. The highest BCUT2D eigenvalue weighted by atomic mass is 16.5. The summed E-state index contributed by atoms with van der Waals surface area (Å²) in [6.45, 7) is 5.08. The average Bonchev–Trinajstić information content (AvgIpc) is 2.84. The molecule has 0 aliphatic carbocycles. The lowest BCUT2D eigenvalue weighted by atomic mass is 10.2. The summed E-state index contributed by atoms with van der Waals surface area (Å²) in [5.41, 5.74) is 3.33. The van der Waals surface area contributed by atoms with Crippen LogP contribution in [0.2, 0.25) is 0 Å². The van der Waals surface area contributed by atoms with Crippen molar-refractivity contribution < 1.29 is 4.74 Å². The Labute approximate surface area is 112 Å². The molecule has 0 aliphatic heterocycles. The summed E-state index contributed by atoms with van der Waals surface area (Å²) in [5.74, 6) is 1.69. The quantitative estimate of drug-likeness (QED) is 0.700. The van der Waals surface area contributed by atoms with Crippen LogP contribution in [-0.4, -0.2) is 9.55 Å². The summed E-state index contributed by atoms with van der Waals surface area (Å²) < 4.78 is 7.98. The summed E-state index contributed by atoms with van der Waals surface area (Å²) in [6.07, 6.45) is 1.86. The lowest BCUT2D eigenvalue weighted by Crippen LogP contribution is -1.91. The Morgan fingerprint density at radius 3 is 2.53 bits per heavy atom. The monoisotopic (exact) mass is 252 g/mol. The second-order valence-electron chi connectivity index (χ2n) is 4.60. The molecular formula is C16H16N2O. The van der Waals surface area contributed by atoms with Gasteiger partial charge in [-0.05, 0) is 38.1 Å². The normalized spacial score (nSPS) is 10.8. The molecule has 0 aliphatic rings. The van der Waals surface area contributed by atoms with E-state index in [2.05, 4.69) is 23.4 Å². The Balaban J connectivity index is 1.94. The molecule has 3 nitrogen and oxygen atoms in total. The molecule has 3 heteroatoms. The average molecular weight is 252 g/mol. The van der Waals surface area contributed by atoms with E-state index >= 15 is 0 Å². The van der Waals surface area contributed by atoms with Gasteiger partial charge in [0.1, 0.15) is 11.5 Å². The van der Waals surface area contributed by atoms with Crippen LogP contribution in [-0.2, 0) is 6.54 Å². The molecule has 96 valence electrons. The van der Waals surface area contributed by atoms with Crippen molar-refractivity contribution in [3.8, 4) is 11.5 Å². The van der Waals surface area contributed by atoms with Crippen molar-refractivity contribution >= 4 is 11.0 Å². The second-order valence-corrected chi connectivity index (χ2v) is 4.60. The van der Waals surface area contributed by atoms with Gasteiger partial charge < -0.3 is 9.30 Å².